The van der Waals surface area contributed by atoms with Crippen LogP contribution in [-0.2, 0) is 4.79 Å². The van der Waals surface area contributed by atoms with Crippen LogP contribution < -0.4 is 14.2 Å². The fourth-order valence-electron chi connectivity index (χ4n) is 2.07. The fraction of sp³-hybridized carbons (Fsp3) is 0.211. The Hall–Kier alpha value is -2.37. The first-order valence-corrected chi connectivity index (χ1v) is 8.63. The van der Waals surface area contributed by atoms with E-state index in [1.807, 2.05) is 6.92 Å². The molecular formula is C19H18Cl2O5. The van der Waals surface area contributed by atoms with Crippen molar-refractivity contribution in [1.82, 2.24) is 0 Å². The van der Waals surface area contributed by atoms with Crippen molar-refractivity contribution in [2.45, 2.75) is 6.92 Å². The summed E-state index contributed by atoms with van der Waals surface area (Å²) in [5.41, 5.74) is 0.699. The molecule has 0 amide bonds. The van der Waals surface area contributed by atoms with Gasteiger partial charge in [0.1, 0.15) is 19.0 Å². The summed E-state index contributed by atoms with van der Waals surface area (Å²) in [6.45, 7) is 2.85. The zero-order valence-corrected chi connectivity index (χ0v) is 15.6. The molecule has 5 nitrogen and oxygen atoms in total. The molecule has 0 aliphatic heterocycles. The highest BCUT2D eigenvalue weighted by molar-refractivity contribution is 6.34. The summed E-state index contributed by atoms with van der Waals surface area (Å²) < 4.78 is 16.8. The topological polar surface area (TPSA) is 65.0 Å². The van der Waals surface area contributed by atoms with Crippen molar-refractivity contribution in [2.24, 2.45) is 0 Å². The van der Waals surface area contributed by atoms with Crippen LogP contribution in [0.1, 0.15) is 12.5 Å². The van der Waals surface area contributed by atoms with Crippen LogP contribution in [0.4, 0.5) is 0 Å². The van der Waals surface area contributed by atoms with Crippen molar-refractivity contribution in [3.05, 3.63) is 58.1 Å². The third kappa shape index (κ3) is 6.17. The zero-order chi connectivity index (χ0) is 18.9. The monoisotopic (exact) mass is 396 g/mol. The molecule has 2 rings (SSSR count). The van der Waals surface area contributed by atoms with Crippen LogP contribution in [0.25, 0.3) is 6.08 Å². The van der Waals surface area contributed by atoms with Crippen LogP contribution in [0.2, 0.25) is 10.0 Å². The highest BCUT2D eigenvalue weighted by Crippen LogP contribution is 2.30. The van der Waals surface area contributed by atoms with Crippen LogP contribution in [0, 0.1) is 0 Å². The maximum atomic E-state index is 10.6. The van der Waals surface area contributed by atoms with Crippen LogP contribution >= 0.6 is 23.2 Å². The number of halogens is 2. The van der Waals surface area contributed by atoms with Gasteiger partial charge in [0.05, 0.1) is 11.6 Å². The Bertz CT molecular complexity index is 789. The molecule has 0 radical (unpaired) electrons. The van der Waals surface area contributed by atoms with Gasteiger partial charge in [0.25, 0.3) is 0 Å². The quantitative estimate of drug-likeness (QED) is 0.479. The molecule has 0 aromatic heterocycles. The first-order chi connectivity index (χ1) is 12.5. The van der Waals surface area contributed by atoms with Gasteiger partial charge in [0, 0.05) is 17.2 Å². The summed E-state index contributed by atoms with van der Waals surface area (Å²) in [6.07, 6.45) is 2.55. The summed E-state index contributed by atoms with van der Waals surface area (Å²) in [7, 11) is 0. The lowest BCUT2D eigenvalue weighted by Crippen LogP contribution is -2.10. The molecular weight excluding hydrogens is 379 g/mol. The number of carbonyl (C=O) groups is 1. The number of rotatable bonds is 9. The number of ether oxygens (including phenoxy) is 3. The number of carboxylic acid groups (broad SMARTS) is 1. The fourth-order valence-corrected chi connectivity index (χ4v) is 2.41. The van der Waals surface area contributed by atoms with Gasteiger partial charge >= 0.3 is 5.97 Å². The molecule has 0 unspecified atom stereocenters. The second-order valence-electron chi connectivity index (χ2n) is 5.08. The minimum absolute atomic E-state index is 0.270. The van der Waals surface area contributed by atoms with Crippen molar-refractivity contribution >= 4 is 35.2 Å². The first-order valence-electron chi connectivity index (χ1n) is 7.88. The Morgan fingerprint density at radius 2 is 1.73 bits per heavy atom. The van der Waals surface area contributed by atoms with Gasteiger partial charge in [0.2, 0.25) is 0 Å². The Labute approximate surface area is 161 Å². The SMILES string of the molecule is CCOc1cc(C=CC(=O)O)ccc1OCCOc1cc(Cl)ccc1Cl. The molecule has 0 fully saturated rings. The van der Waals surface area contributed by atoms with Crippen LogP contribution in [-0.4, -0.2) is 30.9 Å². The molecule has 0 atom stereocenters. The van der Waals surface area contributed by atoms with Gasteiger partial charge in [-0.05, 0) is 42.8 Å². The second kappa shape index (κ2) is 9.94. The van der Waals surface area contributed by atoms with Gasteiger partial charge < -0.3 is 19.3 Å². The summed E-state index contributed by atoms with van der Waals surface area (Å²) >= 11 is 11.9. The Kier molecular flexibility index (Phi) is 7.63. The molecule has 7 heteroatoms. The lowest BCUT2D eigenvalue weighted by molar-refractivity contribution is -0.131. The van der Waals surface area contributed by atoms with Gasteiger partial charge in [-0.25, -0.2) is 4.79 Å². The third-order valence-corrected chi connectivity index (χ3v) is 3.73. The van der Waals surface area contributed by atoms with E-state index in [9.17, 15) is 4.79 Å². The summed E-state index contributed by atoms with van der Waals surface area (Å²) in [5, 5.41) is 9.71. The number of hydrogen-bond acceptors (Lipinski definition) is 4. The minimum Gasteiger partial charge on any atom is -0.490 e. The maximum Gasteiger partial charge on any atom is 0.328 e. The first kappa shape index (κ1) is 19.9. The molecule has 0 saturated carbocycles. The zero-order valence-electron chi connectivity index (χ0n) is 14.1. The highest BCUT2D eigenvalue weighted by atomic mass is 35.5. The second-order valence-corrected chi connectivity index (χ2v) is 5.93. The average Bonchev–Trinajstić information content (AvgIpc) is 2.61. The predicted molar refractivity (Wildman–Crippen MR) is 102 cm³/mol. The van der Waals surface area contributed by atoms with E-state index in [0.717, 1.165) is 6.08 Å². The van der Waals surface area contributed by atoms with E-state index in [2.05, 4.69) is 0 Å². The molecule has 0 saturated heterocycles. The lowest BCUT2D eigenvalue weighted by atomic mass is 10.2. The van der Waals surface area contributed by atoms with Gasteiger partial charge in [0.15, 0.2) is 11.5 Å². The van der Waals surface area contributed by atoms with Crippen molar-refractivity contribution in [2.75, 3.05) is 19.8 Å². The van der Waals surface area contributed by atoms with Crippen molar-refractivity contribution in [1.29, 1.82) is 0 Å². The molecule has 0 aliphatic carbocycles. The molecule has 0 aliphatic rings. The molecule has 0 bridgehead atoms. The average molecular weight is 397 g/mol. The Morgan fingerprint density at radius 3 is 2.42 bits per heavy atom. The van der Waals surface area contributed by atoms with Crippen molar-refractivity contribution < 1.29 is 24.1 Å². The van der Waals surface area contributed by atoms with Crippen LogP contribution in [0.3, 0.4) is 0 Å². The van der Waals surface area contributed by atoms with Gasteiger partial charge in [-0.3, -0.25) is 0 Å². The van der Waals surface area contributed by atoms with Crippen molar-refractivity contribution in [3.63, 3.8) is 0 Å². The normalized spacial score (nSPS) is 10.7. The van der Waals surface area contributed by atoms with E-state index >= 15 is 0 Å². The van der Waals surface area contributed by atoms with E-state index in [1.54, 1.807) is 36.4 Å². The van der Waals surface area contributed by atoms with Crippen LogP contribution in [0.15, 0.2) is 42.5 Å². The minimum atomic E-state index is -1.01. The maximum absolute atomic E-state index is 10.6. The van der Waals surface area contributed by atoms with Gasteiger partial charge in [-0.15, -0.1) is 0 Å². The smallest absolute Gasteiger partial charge is 0.328 e. The van der Waals surface area contributed by atoms with Crippen LogP contribution in [0.5, 0.6) is 17.2 Å². The van der Waals surface area contributed by atoms with E-state index in [1.165, 1.54) is 6.08 Å². The lowest BCUT2D eigenvalue weighted by Gasteiger charge is -2.13. The standard InChI is InChI=1S/C19H18Cl2O5/c1-2-24-18-11-13(4-8-19(22)23)3-7-16(18)25-9-10-26-17-12-14(20)5-6-15(17)21/h3-8,11-12H,2,9-10H2,1H3,(H,22,23). The molecule has 0 heterocycles. The van der Waals surface area contributed by atoms with E-state index < -0.39 is 5.97 Å². The molecule has 2 aromatic rings. The Morgan fingerprint density at radius 1 is 1.00 bits per heavy atom. The molecule has 2 aromatic carbocycles. The largest absolute Gasteiger partial charge is 0.490 e. The number of aliphatic carboxylic acids is 1. The summed E-state index contributed by atoms with van der Waals surface area (Å²) in [5.74, 6) is 0.544. The summed E-state index contributed by atoms with van der Waals surface area (Å²) in [6, 6.07) is 10.2. The predicted octanol–water partition coefficient (Wildman–Crippen LogP) is 4.95. The molecule has 26 heavy (non-hydrogen) atoms. The third-order valence-electron chi connectivity index (χ3n) is 3.18. The number of hydrogen-bond donors (Lipinski definition) is 1. The van der Waals surface area contributed by atoms with E-state index in [4.69, 9.17) is 42.5 Å². The number of benzene rings is 2. The molecule has 1 N–H and O–H groups in total. The molecule has 138 valence electrons. The van der Waals surface area contributed by atoms with E-state index in [-0.39, 0.29) is 13.2 Å². The summed E-state index contributed by atoms with van der Waals surface area (Å²) in [4.78, 5) is 10.6. The van der Waals surface area contributed by atoms with E-state index in [0.29, 0.717) is 39.5 Å². The molecule has 0 spiro atoms. The Balaban J connectivity index is 1.97. The number of carboxylic acids is 1. The van der Waals surface area contributed by atoms with Gasteiger partial charge in [-0.2, -0.15) is 0 Å². The van der Waals surface area contributed by atoms with Gasteiger partial charge in [-0.1, -0.05) is 29.3 Å². The van der Waals surface area contributed by atoms with Crippen molar-refractivity contribution in [3.8, 4) is 17.2 Å². The highest BCUT2D eigenvalue weighted by Gasteiger charge is 2.07.